The molecule has 0 aliphatic carbocycles. The number of carbonyl (C=O) groups excluding carboxylic acids is 1. The van der Waals surface area contributed by atoms with Crippen LogP contribution in [0.25, 0.3) is 16.9 Å². The summed E-state index contributed by atoms with van der Waals surface area (Å²) in [6, 6.07) is 10.0. The van der Waals surface area contributed by atoms with Crippen molar-refractivity contribution in [1.29, 1.82) is 0 Å². The maximum absolute atomic E-state index is 15.2. The summed E-state index contributed by atoms with van der Waals surface area (Å²) in [5, 5.41) is 0.502. The van der Waals surface area contributed by atoms with Gasteiger partial charge in [-0.25, -0.2) is 8.78 Å². The van der Waals surface area contributed by atoms with Crippen molar-refractivity contribution < 1.29 is 40.4 Å². The van der Waals surface area contributed by atoms with E-state index in [9.17, 15) is 9.18 Å². The molecule has 2 aromatic rings. The third-order valence-electron chi connectivity index (χ3n) is 5.48. The van der Waals surface area contributed by atoms with E-state index >= 15 is 4.39 Å². The second kappa shape index (κ2) is 11.3. The van der Waals surface area contributed by atoms with E-state index in [1.54, 1.807) is 42.5 Å². The summed E-state index contributed by atoms with van der Waals surface area (Å²) in [5.74, 6) is -0.744. The van der Waals surface area contributed by atoms with Gasteiger partial charge in [-0.3, -0.25) is 4.79 Å². The van der Waals surface area contributed by atoms with Gasteiger partial charge in [-0.1, -0.05) is 48.0 Å². The Balaban J connectivity index is 0.00000111. The Hall–Kier alpha value is -1.58. The number of halogens is 3. The molecule has 4 rings (SSSR count). The average molecular weight is 627 g/mol. The van der Waals surface area contributed by atoms with Crippen molar-refractivity contribution in [2.75, 3.05) is 13.2 Å². The monoisotopic (exact) mass is 628 g/mol. The van der Waals surface area contributed by atoms with Crippen LogP contribution in [0.4, 0.5) is 8.78 Å². The summed E-state index contributed by atoms with van der Waals surface area (Å²) < 4.78 is 42.9. The molecular formula is C22H23ClF2N2O3Os-2. The Labute approximate surface area is 196 Å². The molecule has 4 atom stereocenters. The Bertz CT molecular complexity index is 916. The van der Waals surface area contributed by atoms with Crippen molar-refractivity contribution in [3.63, 3.8) is 0 Å². The van der Waals surface area contributed by atoms with Crippen molar-refractivity contribution in [2.24, 2.45) is 0 Å². The summed E-state index contributed by atoms with van der Waals surface area (Å²) in [4.78, 5) is 13.9. The van der Waals surface area contributed by atoms with E-state index in [2.05, 4.69) is 0 Å². The number of nitrogens with zero attached hydrogens (tertiary/aromatic N) is 1. The number of nitrogens with one attached hydrogen (secondary N) is 1. The van der Waals surface area contributed by atoms with Crippen molar-refractivity contribution in [3.05, 3.63) is 72.0 Å². The summed E-state index contributed by atoms with van der Waals surface area (Å²) >= 11 is 6.63. The van der Waals surface area contributed by atoms with Crippen molar-refractivity contribution in [3.8, 4) is 11.1 Å². The van der Waals surface area contributed by atoms with Gasteiger partial charge in [0.15, 0.2) is 0 Å². The average Bonchev–Trinajstić information content (AvgIpc) is 2.98. The van der Waals surface area contributed by atoms with Crippen LogP contribution in [0.15, 0.2) is 42.5 Å². The minimum absolute atomic E-state index is 0. The maximum atomic E-state index is 15.2. The van der Waals surface area contributed by atoms with E-state index in [1.807, 2.05) is 0 Å². The first-order chi connectivity index (χ1) is 14.5. The molecule has 2 aliphatic heterocycles. The number of rotatable bonds is 4. The van der Waals surface area contributed by atoms with Crippen LogP contribution in [0.5, 0.6) is 0 Å². The van der Waals surface area contributed by atoms with Crippen LogP contribution in [0.1, 0.15) is 12.0 Å². The molecule has 2 fully saturated rings. The third kappa shape index (κ3) is 5.43. The van der Waals surface area contributed by atoms with Gasteiger partial charge in [0.1, 0.15) is 18.1 Å². The molecule has 2 aliphatic rings. The molecule has 1 unspecified atom stereocenters. The predicted octanol–water partition coefficient (Wildman–Crippen LogP) is 4.78. The van der Waals surface area contributed by atoms with E-state index in [-0.39, 0.29) is 26.3 Å². The number of benzene rings is 2. The van der Waals surface area contributed by atoms with Crippen molar-refractivity contribution >= 4 is 17.5 Å². The van der Waals surface area contributed by atoms with Gasteiger partial charge < -0.3 is 22.8 Å². The Morgan fingerprint density at radius 3 is 2.55 bits per heavy atom. The SMILES string of the molecule is [CH3-].[NH-][C@H]1[C@@H](F)CN(C(=O)C2CCO2)[C@H]1Cc1cccc(-c2cccc(Cl)c2)c1F.[O]=[Os]. The van der Waals surface area contributed by atoms with Gasteiger partial charge in [0, 0.05) is 23.0 Å². The molecular weight excluding hydrogens is 604 g/mol. The first-order valence-corrected chi connectivity index (χ1v) is 10.8. The van der Waals surface area contributed by atoms with Gasteiger partial charge in [0.05, 0.1) is 13.2 Å². The normalized spacial score (nSPS) is 24.5. The Morgan fingerprint density at radius 1 is 1.26 bits per heavy atom. The Morgan fingerprint density at radius 2 is 1.94 bits per heavy atom. The first kappa shape index (κ1) is 25.7. The number of carbonyl (C=O) groups is 1. The van der Waals surface area contributed by atoms with Crippen LogP contribution in [0.2, 0.25) is 5.02 Å². The molecule has 2 saturated heterocycles. The number of ether oxygens (including phenoxy) is 1. The zero-order valence-corrected chi connectivity index (χ0v) is 20.1. The molecule has 5 nitrogen and oxygen atoms in total. The molecule has 170 valence electrons. The molecule has 1 N–H and O–H groups in total. The topological polar surface area (TPSA) is 70.4 Å². The number of alkyl halides is 1. The van der Waals surface area contributed by atoms with Crippen LogP contribution in [-0.4, -0.2) is 48.3 Å². The van der Waals surface area contributed by atoms with Crippen LogP contribution in [0, 0.1) is 13.2 Å². The molecule has 2 heterocycles. The van der Waals surface area contributed by atoms with Gasteiger partial charge in [-0.15, -0.1) is 0 Å². The minimum atomic E-state index is -1.45. The number of hydrogen-bond donors (Lipinski definition) is 0. The molecule has 9 heteroatoms. The van der Waals surface area contributed by atoms with Crippen molar-refractivity contribution in [2.45, 2.75) is 37.2 Å². The summed E-state index contributed by atoms with van der Waals surface area (Å²) in [5.41, 5.74) is 9.52. The second-order valence-corrected chi connectivity index (χ2v) is 7.68. The van der Waals surface area contributed by atoms with Crippen molar-refractivity contribution in [1.82, 2.24) is 4.90 Å². The fourth-order valence-corrected chi connectivity index (χ4v) is 4.01. The third-order valence-corrected chi connectivity index (χ3v) is 5.71. The zero-order valence-electron chi connectivity index (χ0n) is 16.8. The molecule has 0 bridgehead atoms. The second-order valence-electron chi connectivity index (χ2n) is 7.24. The fourth-order valence-electron chi connectivity index (χ4n) is 3.82. The number of amides is 1. The molecule has 2 aromatic carbocycles. The van der Waals surface area contributed by atoms with Gasteiger partial charge in [-0.2, -0.15) is 0 Å². The molecule has 0 radical (unpaired) electrons. The molecule has 0 saturated carbocycles. The van der Waals surface area contributed by atoms with E-state index in [0.29, 0.717) is 53.3 Å². The summed E-state index contributed by atoms with van der Waals surface area (Å²) in [6.45, 7) is 0.363. The molecule has 31 heavy (non-hydrogen) atoms. The van der Waals surface area contributed by atoms with Crippen LogP contribution >= 0.6 is 11.6 Å². The van der Waals surface area contributed by atoms with Crippen LogP contribution < -0.4 is 0 Å². The molecule has 0 aromatic heterocycles. The van der Waals surface area contributed by atoms with E-state index in [0.717, 1.165) is 0 Å². The quantitative estimate of drug-likeness (QED) is 0.459. The summed E-state index contributed by atoms with van der Waals surface area (Å²) in [6.07, 6.45) is -1.34. The molecule has 0 spiro atoms. The van der Waals surface area contributed by atoms with Crippen LogP contribution in [0.3, 0.4) is 0 Å². The number of hydrogen-bond acceptors (Lipinski definition) is 3. The van der Waals surface area contributed by atoms with E-state index in [1.165, 1.54) is 4.90 Å². The van der Waals surface area contributed by atoms with E-state index < -0.39 is 30.2 Å². The van der Waals surface area contributed by atoms with Gasteiger partial charge in [0.25, 0.3) is 5.91 Å². The Kier molecular flexibility index (Phi) is 9.38. The fraction of sp³-hybridized carbons (Fsp3) is 0.364. The standard InChI is InChI=1S/C21H20ClF2N2O2.CH3.O.Os/c22-14-5-1-3-12(9-14)15-6-2-4-13(19(15)24)10-17-20(25)16(23)11-26(17)21(27)18-7-8-28-18;;;/h1-6,9,16-18,20,25H,7-8,10-11H2;1H3;;/q2*-1;;/t16-,17-,18?,20-;;;/m0.../s1. The van der Waals surface area contributed by atoms with Crippen LogP contribution in [-0.2, 0) is 38.0 Å². The van der Waals surface area contributed by atoms with Gasteiger partial charge in [0.2, 0.25) is 0 Å². The predicted molar refractivity (Wildman–Crippen MR) is 111 cm³/mol. The van der Waals surface area contributed by atoms with Gasteiger partial charge >= 0.3 is 22.1 Å². The molecule has 1 amide bonds. The zero-order chi connectivity index (χ0) is 21.8. The first-order valence-electron chi connectivity index (χ1n) is 9.40. The number of likely N-dealkylation sites (tertiary alicyclic amines) is 1. The summed E-state index contributed by atoms with van der Waals surface area (Å²) in [7, 11) is 0. The van der Waals surface area contributed by atoms with Gasteiger partial charge in [-0.05, 0) is 29.7 Å². The van der Waals surface area contributed by atoms with E-state index in [4.69, 9.17) is 25.6 Å².